The standard InChI is InChI=1S/C15H21N3/c1-4-5-13-6-8-14(9-7-13)17-12(2)15-16-10-11-18(15)3/h6-12,17H,4-5H2,1-3H3. The quantitative estimate of drug-likeness (QED) is 0.870. The van der Waals surface area contributed by atoms with Crippen molar-refractivity contribution in [1.29, 1.82) is 0 Å². The van der Waals surface area contributed by atoms with Gasteiger partial charge in [0, 0.05) is 25.1 Å². The van der Waals surface area contributed by atoms with Crippen LogP contribution < -0.4 is 5.32 Å². The van der Waals surface area contributed by atoms with Gasteiger partial charge < -0.3 is 9.88 Å². The van der Waals surface area contributed by atoms with E-state index in [1.54, 1.807) is 0 Å². The molecular weight excluding hydrogens is 222 g/mol. The van der Waals surface area contributed by atoms with E-state index in [0.717, 1.165) is 17.9 Å². The van der Waals surface area contributed by atoms with Gasteiger partial charge in [-0.05, 0) is 31.0 Å². The highest BCUT2D eigenvalue weighted by atomic mass is 15.1. The highest BCUT2D eigenvalue weighted by molar-refractivity contribution is 5.45. The molecule has 1 aromatic heterocycles. The van der Waals surface area contributed by atoms with Crippen molar-refractivity contribution in [2.45, 2.75) is 32.7 Å². The van der Waals surface area contributed by atoms with Gasteiger partial charge in [0.1, 0.15) is 5.82 Å². The summed E-state index contributed by atoms with van der Waals surface area (Å²) in [6, 6.07) is 8.88. The average Bonchev–Trinajstić information content (AvgIpc) is 2.78. The fourth-order valence-electron chi connectivity index (χ4n) is 2.17. The zero-order valence-electron chi connectivity index (χ0n) is 11.4. The fourth-order valence-corrected chi connectivity index (χ4v) is 2.17. The maximum atomic E-state index is 4.36. The van der Waals surface area contributed by atoms with Crippen LogP contribution in [0.1, 0.15) is 37.7 Å². The van der Waals surface area contributed by atoms with Crippen molar-refractivity contribution in [2.24, 2.45) is 7.05 Å². The summed E-state index contributed by atoms with van der Waals surface area (Å²) in [7, 11) is 2.02. The van der Waals surface area contributed by atoms with Gasteiger partial charge in [0.15, 0.2) is 0 Å². The average molecular weight is 243 g/mol. The van der Waals surface area contributed by atoms with Crippen molar-refractivity contribution in [3.05, 3.63) is 48.0 Å². The summed E-state index contributed by atoms with van der Waals surface area (Å²) in [5.74, 6) is 1.05. The molecule has 1 heterocycles. The lowest BCUT2D eigenvalue weighted by molar-refractivity contribution is 0.721. The molecule has 2 rings (SSSR count). The lowest BCUT2D eigenvalue weighted by Gasteiger charge is -2.15. The Morgan fingerprint density at radius 2 is 2.00 bits per heavy atom. The zero-order chi connectivity index (χ0) is 13.0. The molecule has 2 aromatic rings. The topological polar surface area (TPSA) is 29.9 Å². The molecule has 1 N–H and O–H groups in total. The number of hydrogen-bond acceptors (Lipinski definition) is 2. The maximum absolute atomic E-state index is 4.36. The van der Waals surface area contributed by atoms with Gasteiger partial charge in [0.25, 0.3) is 0 Å². The van der Waals surface area contributed by atoms with Crippen LogP contribution in [0.5, 0.6) is 0 Å². The van der Waals surface area contributed by atoms with E-state index in [2.05, 4.69) is 48.4 Å². The molecule has 0 saturated carbocycles. The molecule has 3 heteroatoms. The summed E-state index contributed by atoms with van der Waals surface area (Å²) >= 11 is 0. The van der Waals surface area contributed by atoms with E-state index in [1.807, 2.05) is 24.0 Å². The van der Waals surface area contributed by atoms with Crippen LogP contribution in [0.25, 0.3) is 0 Å². The normalized spacial score (nSPS) is 12.4. The highest BCUT2D eigenvalue weighted by Gasteiger charge is 2.09. The van der Waals surface area contributed by atoms with Crippen LogP contribution >= 0.6 is 0 Å². The molecule has 96 valence electrons. The third-order valence-electron chi connectivity index (χ3n) is 3.12. The lowest BCUT2D eigenvalue weighted by Crippen LogP contribution is -2.11. The number of imidazole rings is 1. The predicted octanol–water partition coefficient (Wildman–Crippen LogP) is 3.55. The molecule has 0 aliphatic rings. The van der Waals surface area contributed by atoms with Crippen LogP contribution in [0.2, 0.25) is 0 Å². The van der Waals surface area contributed by atoms with Crippen LogP contribution in [0.3, 0.4) is 0 Å². The first-order valence-corrected chi connectivity index (χ1v) is 6.53. The van der Waals surface area contributed by atoms with Gasteiger partial charge in [-0.25, -0.2) is 4.98 Å². The summed E-state index contributed by atoms with van der Waals surface area (Å²) in [4.78, 5) is 4.36. The molecule has 1 aromatic carbocycles. The molecule has 1 unspecified atom stereocenters. The molecular formula is C15H21N3. The summed E-state index contributed by atoms with van der Waals surface area (Å²) in [6.07, 6.45) is 6.14. The second kappa shape index (κ2) is 5.71. The minimum absolute atomic E-state index is 0.210. The molecule has 0 amide bonds. The van der Waals surface area contributed by atoms with E-state index < -0.39 is 0 Å². The first-order valence-electron chi connectivity index (χ1n) is 6.53. The molecule has 0 aliphatic carbocycles. The molecule has 0 bridgehead atoms. The largest absolute Gasteiger partial charge is 0.375 e. The predicted molar refractivity (Wildman–Crippen MR) is 75.7 cm³/mol. The monoisotopic (exact) mass is 243 g/mol. The Morgan fingerprint density at radius 3 is 2.56 bits per heavy atom. The van der Waals surface area contributed by atoms with Gasteiger partial charge in [-0.3, -0.25) is 0 Å². The Hall–Kier alpha value is -1.77. The van der Waals surface area contributed by atoms with Gasteiger partial charge in [0.05, 0.1) is 6.04 Å². The number of anilines is 1. The molecule has 3 nitrogen and oxygen atoms in total. The van der Waals surface area contributed by atoms with Crippen LogP contribution in [0, 0.1) is 0 Å². The van der Waals surface area contributed by atoms with Crippen molar-refractivity contribution in [2.75, 3.05) is 5.32 Å². The smallest absolute Gasteiger partial charge is 0.130 e. The second-order valence-corrected chi connectivity index (χ2v) is 4.71. The molecule has 0 fully saturated rings. The molecule has 0 aliphatic heterocycles. The number of nitrogens with zero attached hydrogens (tertiary/aromatic N) is 2. The maximum Gasteiger partial charge on any atom is 0.130 e. The Morgan fingerprint density at radius 1 is 1.28 bits per heavy atom. The van der Waals surface area contributed by atoms with E-state index in [-0.39, 0.29) is 6.04 Å². The summed E-state index contributed by atoms with van der Waals surface area (Å²) < 4.78 is 2.04. The Bertz CT molecular complexity index is 485. The Labute approximate surface area is 109 Å². The van der Waals surface area contributed by atoms with E-state index >= 15 is 0 Å². The first kappa shape index (κ1) is 12.7. The molecule has 0 spiro atoms. The highest BCUT2D eigenvalue weighted by Crippen LogP contribution is 2.18. The molecule has 0 radical (unpaired) electrons. The minimum Gasteiger partial charge on any atom is -0.375 e. The van der Waals surface area contributed by atoms with Crippen molar-refractivity contribution < 1.29 is 0 Å². The Kier molecular flexibility index (Phi) is 4.03. The number of aromatic nitrogens is 2. The lowest BCUT2D eigenvalue weighted by atomic mass is 10.1. The number of nitrogens with one attached hydrogen (secondary N) is 1. The minimum atomic E-state index is 0.210. The third-order valence-corrected chi connectivity index (χ3v) is 3.12. The number of rotatable bonds is 5. The van der Waals surface area contributed by atoms with Gasteiger partial charge >= 0.3 is 0 Å². The van der Waals surface area contributed by atoms with Crippen LogP contribution in [-0.2, 0) is 13.5 Å². The van der Waals surface area contributed by atoms with E-state index in [1.165, 1.54) is 12.0 Å². The van der Waals surface area contributed by atoms with Gasteiger partial charge in [0.2, 0.25) is 0 Å². The van der Waals surface area contributed by atoms with Crippen molar-refractivity contribution >= 4 is 5.69 Å². The summed E-state index contributed by atoms with van der Waals surface area (Å²) in [5.41, 5.74) is 2.54. The summed E-state index contributed by atoms with van der Waals surface area (Å²) in [6.45, 7) is 4.33. The van der Waals surface area contributed by atoms with Gasteiger partial charge in [-0.15, -0.1) is 0 Å². The zero-order valence-corrected chi connectivity index (χ0v) is 11.4. The first-order chi connectivity index (χ1) is 8.70. The number of benzene rings is 1. The molecule has 1 atom stereocenters. The second-order valence-electron chi connectivity index (χ2n) is 4.71. The fraction of sp³-hybridized carbons (Fsp3) is 0.400. The SMILES string of the molecule is CCCc1ccc(NC(C)c2nccn2C)cc1. The number of aryl methyl sites for hydroxylation is 2. The molecule has 18 heavy (non-hydrogen) atoms. The van der Waals surface area contributed by atoms with Crippen molar-refractivity contribution in [3.8, 4) is 0 Å². The van der Waals surface area contributed by atoms with Crippen LogP contribution in [0.4, 0.5) is 5.69 Å². The van der Waals surface area contributed by atoms with Gasteiger partial charge in [-0.2, -0.15) is 0 Å². The van der Waals surface area contributed by atoms with Crippen LogP contribution in [-0.4, -0.2) is 9.55 Å². The van der Waals surface area contributed by atoms with E-state index in [9.17, 15) is 0 Å². The van der Waals surface area contributed by atoms with Gasteiger partial charge in [-0.1, -0.05) is 25.5 Å². The molecule has 0 saturated heterocycles. The number of hydrogen-bond donors (Lipinski definition) is 1. The summed E-state index contributed by atoms with van der Waals surface area (Å²) in [5, 5.41) is 3.47. The van der Waals surface area contributed by atoms with Crippen molar-refractivity contribution in [3.63, 3.8) is 0 Å². The van der Waals surface area contributed by atoms with E-state index in [4.69, 9.17) is 0 Å². The van der Waals surface area contributed by atoms with E-state index in [0.29, 0.717) is 0 Å². The Balaban J connectivity index is 2.03. The van der Waals surface area contributed by atoms with Crippen LogP contribution in [0.15, 0.2) is 36.7 Å². The van der Waals surface area contributed by atoms with Crippen molar-refractivity contribution in [1.82, 2.24) is 9.55 Å². The third kappa shape index (κ3) is 2.92.